The number of aromatic hydroxyl groups is 1. The summed E-state index contributed by atoms with van der Waals surface area (Å²) in [5.41, 5.74) is 1.38. The van der Waals surface area contributed by atoms with Crippen molar-refractivity contribution in [3.63, 3.8) is 0 Å². The van der Waals surface area contributed by atoms with Crippen LogP contribution in [-0.4, -0.2) is 35.7 Å². The zero-order valence-electron chi connectivity index (χ0n) is 14.6. The van der Waals surface area contributed by atoms with E-state index >= 15 is 0 Å². The SMILES string of the molecule is CCOC(=O)[C@H]1CCCN(Cc2cc(=O)oc3c(C)c(O)ccc23)C1. The molecular weight excluding hydrogens is 322 g/mol. The third kappa shape index (κ3) is 3.69. The molecule has 0 unspecified atom stereocenters. The number of carbonyl (C=O) groups is 1. The number of esters is 1. The Morgan fingerprint density at radius 3 is 3.00 bits per heavy atom. The van der Waals surface area contributed by atoms with E-state index in [-0.39, 0.29) is 17.6 Å². The maximum atomic E-state index is 12.0. The summed E-state index contributed by atoms with van der Waals surface area (Å²) in [4.78, 5) is 26.1. The highest BCUT2D eigenvalue weighted by atomic mass is 16.5. The molecule has 3 rings (SSSR count). The van der Waals surface area contributed by atoms with Crippen LogP contribution < -0.4 is 5.63 Å². The zero-order valence-corrected chi connectivity index (χ0v) is 14.6. The lowest BCUT2D eigenvalue weighted by Gasteiger charge is -2.31. The van der Waals surface area contributed by atoms with Crippen molar-refractivity contribution in [1.29, 1.82) is 0 Å². The summed E-state index contributed by atoms with van der Waals surface area (Å²) in [5.74, 6) is -0.163. The first-order valence-corrected chi connectivity index (χ1v) is 8.64. The summed E-state index contributed by atoms with van der Waals surface area (Å²) in [6.45, 7) is 5.98. The van der Waals surface area contributed by atoms with Crippen LogP contribution in [0.2, 0.25) is 0 Å². The Bertz CT molecular complexity index is 842. The van der Waals surface area contributed by atoms with Crippen LogP contribution >= 0.6 is 0 Å². The van der Waals surface area contributed by atoms with Crippen LogP contribution in [0.25, 0.3) is 11.0 Å². The normalized spacial score (nSPS) is 18.4. The fraction of sp³-hybridized carbons (Fsp3) is 0.474. The first-order valence-electron chi connectivity index (χ1n) is 8.64. The van der Waals surface area contributed by atoms with Gasteiger partial charge in [0.25, 0.3) is 0 Å². The van der Waals surface area contributed by atoms with Crippen molar-refractivity contribution in [3.8, 4) is 5.75 Å². The van der Waals surface area contributed by atoms with E-state index in [1.54, 1.807) is 19.1 Å². The lowest BCUT2D eigenvalue weighted by molar-refractivity contribution is -0.150. The number of aryl methyl sites for hydroxylation is 1. The van der Waals surface area contributed by atoms with Crippen LogP contribution in [0.1, 0.15) is 30.9 Å². The van der Waals surface area contributed by atoms with Gasteiger partial charge in [0.05, 0.1) is 12.5 Å². The van der Waals surface area contributed by atoms with Gasteiger partial charge in [-0.2, -0.15) is 0 Å². The van der Waals surface area contributed by atoms with Gasteiger partial charge in [-0.15, -0.1) is 0 Å². The average Bonchev–Trinajstić information content (AvgIpc) is 2.59. The topological polar surface area (TPSA) is 80.0 Å². The highest BCUT2D eigenvalue weighted by Crippen LogP contribution is 2.29. The summed E-state index contributed by atoms with van der Waals surface area (Å²) in [6, 6.07) is 4.87. The molecule has 134 valence electrons. The largest absolute Gasteiger partial charge is 0.508 e. The van der Waals surface area contributed by atoms with Crippen molar-refractivity contribution in [1.82, 2.24) is 4.90 Å². The fourth-order valence-electron chi connectivity index (χ4n) is 3.44. The Morgan fingerprint density at radius 2 is 2.24 bits per heavy atom. The molecule has 2 aromatic rings. The molecule has 0 saturated carbocycles. The molecule has 0 radical (unpaired) electrons. The molecule has 2 heterocycles. The molecule has 1 fully saturated rings. The van der Waals surface area contributed by atoms with Crippen LogP contribution in [0.15, 0.2) is 27.4 Å². The van der Waals surface area contributed by atoms with Gasteiger partial charge in [0.2, 0.25) is 0 Å². The smallest absolute Gasteiger partial charge is 0.336 e. The highest BCUT2D eigenvalue weighted by molar-refractivity contribution is 5.84. The third-order valence-corrected chi connectivity index (χ3v) is 4.74. The van der Waals surface area contributed by atoms with Gasteiger partial charge in [0.1, 0.15) is 11.3 Å². The van der Waals surface area contributed by atoms with Crippen LogP contribution in [0, 0.1) is 12.8 Å². The summed E-state index contributed by atoms with van der Waals surface area (Å²) >= 11 is 0. The van der Waals surface area contributed by atoms with Crippen molar-refractivity contribution in [2.24, 2.45) is 5.92 Å². The number of piperidine rings is 1. The molecule has 1 aliphatic rings. The molecule has 1 N–H and O–H groups in total. The van der Waals surface area contributed by atoms with Crippen molar-refractivity contribution in [2.45, 2.75) is 33.2 Å². The molecule has 6 heteroatoms. The van der Waals surface area contributed by atoms with E-state index < -0.39 is 5.63 Å². The van der Waals surface area contributed by atoms with Gasteiger partial charge in [-0.25, -0.2) is 4.79 Å². The molecule has 0 spiro atoms. The van der Waals surface area contributed by atoms with E-state index in [2.05, 4.69) is 4.90 Å². The average molecular weight is 345 g/mol. The molecule has 6 nitrogen and oxygen atoms in total. The molecule has 25 heavy (non-hydrogen) atoms. The lowest BCUT2D eigenvalue weighted by atomic mass is 9.97. The molecule has 1 saturated heterocycles. The van der Waals surface area contributed by atoms with E-state index in [4.69, 9.17) is 9.15 Å². The summed E-state index contributed by atoms with van der Waals surface area (Å²) in [5, 5.41) is 10.7. The Balaban J connectivity index is 1.86. The van der Waals surface area contributed by atoms with Gasteiger partial charge in [0.15, 0.2) is 0 Å². The van der Waals surface area contributed by atoms with Crippen LogP contribution in [-0.2, 0) is 16.1 Å². The van der Waals surface area contributed by atoms with Crippen molar-refractivity contribution < 1.29 is 19.1 Å². The quantitative estimate of drug-likeness (QED) is 0.678. The molecule has 0 bridgehead atoms. The number of fused-ring (bicyclic) bond motifs is 1. The maximum Gasteiger partial charge on any atom is 0.336 e. The van der Waals surface area contributed by atoms with Gasteiger partial charge in [-0.1, -0.05) is 0 Å². The maximum absolute atomic E-state index is 12.0. The molecule has 1 atom stereocenters. The molecule has 0 aliphatic carbocycles. The van der Waals surface area contributed by atoms with E-state index in [0.29, 0.717) is 30.8 Å². The van der Waals surface area contributed by atoms with E-state index in [0.717, 1.165) is 30.3 Å². The second kappa shape index (κ2) is 7.27. The first kappa shape index (κ1) is 17.5. The Kier molecular flexibility index (Phi) is 5.08. The van der Waals surface area contributed by atoms with Crippen molar-refractivity contribution >= 4 is 16.9 Å². The predicted molar refractivity (Wildman–Crippen MR) is 93.5 cm³/mol. The minimum absolute atomic E-state index is 0.105. The molecule has 1 aliphatic heterocycles. The van der Waals surface area contributed by atoms with Gasteiger partial charge in [0, 0.05) is 30.1 Å². The number of carbonyl (C=O) groups excluding carboxylic acids is 1. The predicted octanol–water partition coefficient (Wildman–Crippen LogP) is 2.58. The monoisotopic (exact) mass is 345 g/mol. The molecule has 1 aromatic heterocycles. The summed E-state index contributed by atoms with van der Waals surface area (Å²) in [7, 11) is 0. The summed E-state index contributed by atoms with van der Waals surface area (Å²) < 4.78 is 10.4. The highest BCUT2D eigenvalue weighted by Gasteiger charge is 2.27. The number of rotatable bonds is 4. The minimum atomic E-state index is -0.435. The third-order valence-electron chi connectivity index (χ3n) is 4.74. The van der Waals surface area contributed by atoms with Crippen LogP contribution in [0.3, 0.4) is 0 Å². The Morgan fingerprint density at radius 1 is 1.44 bits per heavy atom. The van der Waals surface area contributed by atoms with E-state index in [1.807, 2.05) is 6.92 Å². The number of hydrogen-bond donors (Lipinski definition) is 1. The van der Waals surface area contributed by atoms with Gasteiger partial charge in [-0.3, -0.25) is 9.69 Å². The summed E-state index contributed by atoms with van der Waals surface area (Å²) in [6.07, 6.45) is 1.75. The number of likely N-dealkylation sites (tertiary alicyclic amines) is 1. The van der Waals surface area contributed by atoms with Crippen molar-refractivity contribution in [2.75, 3.05) is 19.7 Å². The fourth-order valence-corrected chi connectivity index (χ4v) is 3.44. The number of hydrogen-bond acceptors (Lipinski definition) is 6. The van der Waals surface area contributed by atoms with Crippen LogP contribution in [0.4, 0.5) is 0 Å². The Labute approximate surface area is 146 Å². The van der Waals surface area contributed by atoms with Gasteiger partial charge >= 0.3 is 11.6 Å². The number of phenols is 1. The second-order valence-corrected chi connectivity index (χ2v) is 6.50. The van der Waals surface area contributed by atoms with Crippen LogP contribution in [0.5, 0.6) is 5.75 Å². The second-order valence-electron chi connectivity index (χ2n) is 6.50. The van der Waals surface area contributed by atoms with Gasteiger partial charge in [-0.05, 0) is 50.9 Å². The number of benzene rings is 1. The number of phenolic OH excluding ortho intramolecular Hbond substituents is 1. The number of nitrogens with zero attached hydrogens (tertiary/aromatic N) is 1. The lowest BCUT2D eigenvalue weighted by Crippen LogP contribution is -2.39. The molecule has 1 aromatic carbocycles. The first-order chi connectivity index (χ1) is 12.0. The Hall–Kier alpha value is -2.34. The molecule has 0 amide bonds. The van der Waals surface area contributed by atoms with Gasteiger partial charge < -0.3 is 14.3 Å². The van der Waals surface area contributed by atoms with E-state index in [1.165, 1.54) is 6.07 Å². The zero-order chi connectivity index (χ0) is 18.0. The minimum Gasteiger partial charge on any atom is -0.508 e. The van der Waals surface area contributed by atoms with E-state index in [9.17, 15) is 14.7 Å². The molecular formula is C19H23NO5. The standard InChI is InChI=1S/C19H23NO5/c1-3-24-19(23)13-5-4-8-20(10-13)11-14-9-17(22)25-18-12(2)16(21)7-6-15(14)18/h6-7,9,13,21H,3-5,8,10-11H2,1-2H3/t13-/m0/s1. The number of ether oxygens (including phenoxy) is 1. The van der Waals surface area contributed by atoms with Crippen molar-refractivity contribution in [3.05, 3.63) is 39.7 Å².